The van der Waals surface area contributed by atoms with Gasteiger partial charge in [0.1, 0.15) is 0 Å². The Morgan fingerprint density at radius 2 is 1.53 bits per heavy atom. The first-order valence-corrected chi connectivity index (χ1v) is 11.1. The van der Waals surface area contributed by atoms with Crippen LogP contribution in [-0.4, -0.2) is 20.2 Å². The summed E-state index contributed by atoms with van der Waals surface area (Å²) in [5.41, 5.74) is 6.99. The van der Waals surface area contributed by atoms with Crippen molar-refractivity contribution in [2.45, 2.75) is 11.3 Å². The second-order valence-electron chi connectivity index (χ2n) is 6.43. The molecule has 30 heavy (non-hydrogen) atoms. The van der Waals surface area contributed by atoms with Crippen LogP contribution in [0, 0.1) is 0 Å². The van der Waals surface area contributed by atoms with Crippen LogP contribution in [0.3, 0.4) is 0 Å². The first kappa shape index (κ1) is 21.5. The van der Waals surface area contributed by atoms with Gasteiger partial charge in [-0.3, -0.25) is 14.3 Å². The fraction of sp³-hybridized carbons (Fsp3) is 0.0476. The van der Waals surface area contributed by atoms with Gasteiger partial charge in [-0.25, -0.2) is 8.42 Å². The van der Waals surface area contributed by atoms with Crippen molar-refractivity contribution in [1.82, 2.24) is 0 Å². The Balaban J connectivity index is 1.74. The fourth-order valence-electron chi connectivity index (χ4n) is 2.65. The van der Waals surface area contributed by atoms with E-state index in [0.717, 1.165) is 10.0 Å². The summed E-state index contributed by atoms with van der Waals surface area (Å²) in [6, 6.07) is 19.1. The van der Waals surface area contributed by atoms with E-state index in [4.69, 9.17) is 5.73 Å². The van der Waals surface area contributed by atoms with Crippen molar-refractivity contribution in [2.75, 3.05) is 10.0 Å². The molecule has 0 saturated heterocycles. The third-order valence-corrected chi connectivity index (χ3v) is 6.00. The highest BCUT2D eigenvalue weighted by molar-refractivity contribution is 9.10. The van der Waals surface area contributed by atoms with Gasteiger partial charge in [0, 0.05) is 21.4 Å². The highest BCUT2D eigenvalue weighted by Gasteiger charge is 2.17. The van der Waals surface area contributed by atoms with E-state index in [1.165, 1.54) is 24.3 Å². The summed E-state index contributed by atoms with van der Waals surface area (Å²) < 4.78 is 28.6. The topological polar surface area (TPSA) is 118 Å². The minimum atomic E-state index is -3.86. The van der Waals surface area contributed by atoms with Gasteiger partial charge in [-0.05, 0) is 60.2 Å². The molecule has 0 fully saturated rings. The van der Waals surface area contributed by atoms with Crippen LogP contribution in [-0.2, 0) is 21.2 Å². The number of primary amides is 1. The van der Waals surface area contributed by atoms with Gasteiger partial charge in [0.15, 0.2) is 0 Å². The summed E-state index contributed by atoms with van der Waals surface area (Å²) in [6.45, 7) is 0. The Hall–Kier alpha value is -3.17. The van der Waals surface area contributed by atoms with Crippen LogP contribution < -0.4 is 15.8 Å². The van der Waals surface area contributed by atoms with Gasteiger partial charge in [0.25, 0.3) is 15.9 Å². The van der Waals surface area contributed by atoms with Gasteiger partial charge in [-0.1, -0.05) is 34.1 Å². The van der Waals surface area contributed by atoms with Gasteiger partial charge in [0.05, 0.1) is 11.3 Å². The first-order chi connectivity index (χ1) is 14.2. The quantitative estimate of drug-likeness (QED) is 0.472. The average molecular weight is 488 g/mol. The summed E-state index contributed by atoms with van der Waals surface area (Å²) >= 11 is 3.29. The maximum atomic E-state index is 12.7. The largest absolute Gasteiger partial charge is 0.369 e. The zero-order valence-corrected chi connectivity index (χ0v) is 18.0. The van der Waals surface area contributed by atoms with Crippen molar-refractivity contribution in [3.05, 3.63) is 88.4 Å². The molecule has 0 bridgehead atoms. The van der Waals surface area contributed by atoms with Gasteiger partial charge in [0.2, 0.25) is 5.91 Å². The molecule has 0 heterocycles. The number of benzene rings is 3. The maximum Gasteiger partial charge on any atom is 0.261 e. The van der Waals surface area contributed by atoms with Crippen LogP contribution in [0.25, 0.3) is 0 Å². The van der Waals surface area contributed by atoms with Crippen LogP contribution in [0.15, 0.2) is 82.2 Å². The molecule has 0 unspecified atom stereocenters. The molecule has 154 valence electrons. The van der Waals surface area contributed by atoms with E-state index in [-0.39, 0.29) is 16.9 Å². The molecule has 0 aromatic heterocycles. The van der Waals surface area contributed by atoms with E-state index in [1.54, 1.807) is 48.5 Å². The molecule has 0 atom stereocenters. The van der Waals surface area contributed by atoms with Crippen LogP contribution in [0.2, 0.25) is 0 Å². The maximum absolute atomic E-state index is 12.7. The fourth-order valence-corrected chi connectivity index (χ4v) is 4.02. The highest BCUT2D eigenvalue weighted by atomic mass is 79.9. The molecule has 0 aliphatic rings. The number of amides is 2. The molecule has 3 aromatic carbocycles. The number of carbonyl (C=O) groups is 2. The second-order valence-corrected chi connectivity index (χ2v) is 9.03. The zero-order chi connectivity index (χ0) is 21.7. The summed E-state index contributed by atoms with van der Waals surface area (Å²) in [5.74, 6) is -0.903. The summed E-state index contributed by atoms with van der Waals surface area (Å²) in [6.07, 6.45) is 0.111. The molecule has 0 aliphatic heterocycles. The molecular weight excluding hydrogens is 470 g/mol. The van der Waals surface area contributed by atoms with Crippen LogP contribution >= 0.6 is 15.9 Å². The van der Waals surface area contributed by atoms with E-state index in [2.05, 4.69) is 26.0 Å². The number of halogens is 1. The lowest BCUT2D eigenvalue weighted by atomic mass is 10.1. The molecule has 0 radical (unpaired) electrons. The second kappa shape index (κ2) is 9.10. The van der Waals surface area contributed by atoms with Crippen molar-refractivity contribution in [3.63, 3.8) is 0 Å². The summed E-state index contributed by atoms with van der Waals surface area (Å²) in [4.78, 5) is 23.5. The third-order valence-electron chi connectivity index (χ3n) is 4.09. The van der Waals surface area contributed by atoms with Crippen molar-refractivity contribution in [2.24, 2.45) is 5.73 Å². The summed E-state index contributed by atoms with van der Waals surface area (Å²) in [7, 11) is -3.86. The molecule has 4 N–H and O–H groups in total. The van der Waals surface area contributed by atoms with E-state index < -0.39 is 21.8 Å². The molecular formula is C21H18BrN3O4S. The molecule has 0 spiro atoms. The lowest BCUT2D eigenvalue weighted by molar-refractivity contribution is -0.117. The van der Waals surface area contributed by atoms with Crippen LogP contribution in [0.1, 0.15) is 15.9 Å². The number of nitrogens with two attached hydrogens (primary N) is 1. The number of anilines is 2. The van der Waals surface area contributed by atoms with Crippen molar-refractivity contribution >= 4 is 49.1 Å². The van der Waals surface area contributed by atoms with Crippen molar-refractivity contribution < 1.29 is 18.0 Å². The van der Waals surface area contributed by atoms with Gasteiger partial charge >= 0.3 is 0 Å². The minimum absolute atomic E-state index is 0.0325. The zero-order valence-electron chi connectivity index (χ0n) is 15.6. The Morgan fingerprint density at radius 1 is 0.900 bits per heavy atom. The van der Waals surface area contributed by atoms with Crippen molar-refractivity contribution in [1.29, 1.82) is 0 Å². The van der Waals surface area contributed by atoms with Crippen molar-refractivity contribution in [3.8, 4) is 0 Å². The number of carbonyl (C=O) groups excluding carboxylic acids is 2. The molecule has 0 aliphatic carbocycles. The monoisotopic (exact) mass is 487 g/mol. The normalized spacial score (nSPS) is 11.0. The van der Waals surface area contributed by atoms with Gasteiger partial charge in [-0.2, -0.15) is 0 Å². The van der Waals surface area contributed by atoms with Gasteiger partial charge < -0.3 is 11.1 Å². The van der Waals surface area contributed by atoms with Crippen LogP contribution in [0.4, 0.5) is 11.4 Å². The van der Waals surface area contributed by atoms with E-state index in [1.807, 2.05) is 0 Å². The predicted octanol–water partition coefficient (Wildman–Crippen LogP) is 3.53. The number of hydrogen-bond donors (Lipinski definition) is 3. The number of sulfonamides is 1. The number of nitrogens with one attached hydrogen (secondary N) is 2. The summed E-state index contributed by atoms with van der Waals surface area (Å²) in [5, 5.41) is 2.70. The average Bonchev–Trinajstić information content (AvgIpc) is 2.71. The predicted molar refractivity (Wildman–Crippen MR) is 119 cm³/mol. The Kier molecular flexibility index (Phi) is 6.53. The minimum Gasteiger partial charge on any atom is -0.369 e. The molecule has 3 rings (SSSR count). The highest BCUT2D eigenvalue weighted by Crippen LogP contribution is 2.20. The Labute approximate surface area is 182 Å². The number of rotatable bonds is 7. The third kappa shape index (κ3) is 5.68. The molecule has 3 aromatic rings. The van der Waals surface area contributed by atoms with E-state index in [0.29, 0.717) is 11.4 Å². The standard InChI is InChI=1S/C21H18BrN3O4S/c22-16-6-10-18(11-7-16)25-30(28,29)19-3-1-2-15(13-19)21(27)24-17-8-4-14(5-9-17)12-20(23)26/h1-11,13,25H,12H2,(H2,23,26)(H,24,27). The first-order valence-electron chi connectivity index (χ1n) is 8.80. The molecule has 0 saturated carbocycles. The number of hydrogen-bond acceptors (Lipinski definition) is 4. The lowest BCUT2D eigenvalue weighted by Crippen LogP contribution is -2.16. The van der Waals surface area contributed by atoms with E-state index >= 15 is 0 Å². The molecule has 9 heteroatoms. The molecule has 2 amide bonds. The molecule has 7 nitrogen and oxygen atoms in total. The Bertz CT molecular complexity index is 1180. The lowest BCUT2D eigenvalue weighted by Gasteiger charge is -2.10. The van der Waals surface area contributed by atoms with E-state index in [9.17, 15) is 18.0 Å². The SMILES string of the molecule is NC(=O)Cc1ccc(NC(=O)c2cccc(S(=O)(=O)Nc3ccc(Br)cc3)c2)cc1. The smallest absolute Gasteiger partial charge is 0.261 e. The Morgan fingerprint density at radius 3 is 2.17 bits per heavy atom. The van der Waals surface area contributed by atoms with Crippen LogP contribution in [0.5, 0.6) is 0 Å². The van der Waals surface area contributed by atoms with Gasteiger partial charge in [-0.15, -0.1) is 0 Å².